The Balaban J connectivity index is 1.55. The number of allylic oxidation sites excluding steroid dienone is 1. The van der Waals surface area contributed by atoms with E-state index in [9.17, 15) is 14.7 Å². The van der Waals surface area contributed by atoms with Crippen LogP contribution < -0.4 is 10.9 Å². The molecule has 2 aliphatic rings. The van der Waals surface area contributed by atoms with Gasteiger partial charge in [-0.2, -0.15) is 0 Å². The van der Waals surface area contributed by atoms with Gasteiger partial charge in [-0.3, -0.25) is 19.5 Å². The van der Waals surface area contributed by atoms with Crippen molar-refractivity contribution in [2.45, 2.75) is 45.1 Å². The van der Waals surface area contributed by atoms with Gasteiger partial charge in [-0.1, -0.05) is 48.6 Å². The number of carbonyl (C=O) groups excluding carboxylic acids is 1. The van der Waals surface area contributed by atoms with Crippen molar-refractivity contribution >= 4 is 12.0 Å². The number of pyridine rings is 2. The Morgan fingerprint density at radius 1 is 1.19 bits per heavy atom. The molecule has 0 spiro atoms. The number of carbonyl (C=O) groups is 1. The van der Waals surface area contributed by atoms with E-state index in [-0.39, 0.29) is 42.1 Å². The fourth-order valence-electron chi connectivity index (χ4n) is 5.90. The standard InChI is InChI=1S/C29H32N4O3/c1-3-8-22-12-13-24-27-26(28(35)31-19(2)21-10-5-4-6-11-21)23(18-34)25(17-33(24)29(22)36)32(27)16-20-9-7-14-30-15-20/h3-15,19,23,25-27,34H,16-18H2,1-2H3,(H,31,35)/b8-3-/t19-,23+,25+,26-,27-/m1/s1. The molecule has 2 aromatic heterocycles. The summed E-state index contributed by atoms with van der Waals surface area (Å²) < 4.78 is 1.81. The number of aliphatic hydroxyl groups is 1. The van der Waals surface area contributed by atoms with Gasteiger partial charge >= 0.3 is 0 Å². The molecule has 2 N–H and O–H groups in total. The third-order valence-electron chi connectivity index (χ3n) is 7.60. The zero-order valence-corrected chi connectivity index (χ0v) is 20.6. The molecule has 2 aliphatic heterocycles. The zero-order chi connectivity index (χ0) is 25.2. The summed E-state index contributed by atoms with van der Waals surface area (Å²) in [5, 5.41) is 13.7. The second-order valence-electron chi connectivity index (χ2n) is 9.69. The number of rotatable bonds is 7. The van der Waals surface area contributed by atoms with E-state index in [1.54, 1.807) is 10.8 Å². The maximum atomic E-state index is 13.8. The monoisotopic (exact) mass is 484 g/mol. The SMILES string of the molecule is C/C=C\c1ccc2n(c1=O)C[C@H]1[C@H](CO)[C@@H](C(=O)N[C@H](C)c3ccccc3)[C@@H]2N1Cc1cccnc1. The lowest BCUT2D eigenvalue weighted by molar-refractivity contribution is -0.128. The van der Waals surface area contributed by atoms with Crippen molar-refractivity contribution in [2.75, 3.05) is 6.61 Å². The van der Waals surface area contributed by atoms with Gasteiger partial charge in [0.25, 0.3) is 5.56 Å². The number of hydrogen-bond acceptors (Lipinski definition) is 5. The predicted molar refractivity (Wildman–Crippen MR) is 139 cm³/mol. The van der Waals surface area contributed by atoms with Crippen LogP contribution in [0.3, 0.4) is 0 Å². The Kier molecular flexibility index (Phi) is 6.85. The summed E-state index contributed by atoms with van der Waals surface area (Å²) in [5.41, 5.74) is 3.44. The summed E-state index contributed by atoms with van der Waals surface area (Å²) in [6.45, 7) is 4.74. The number of fused-ring (bicyclic) bond motifs is 4. The van der Waals surface area contributed by atoms with Crippen molar-refractivity contribution < 1.29 is 9.90 Å². The van der Waals surface area contributed by atoms with Gasteiger partial charge in [-0.05, 0) is 43.2 Å². The Morgan fingerprint density at radius 2 is 2.00 bits per heavy atom. The van der Waals surface area contributed by atoms with Crippen molar-refractivity contribution in [3.05, 3.63) is 106 Å². The zero-order valence-electron chi connectivity index (χ0n) is 20.6. The van der Waals surface area contributed by atoms with Crippen LogP contribution in [0.2, 0.25) is 0 Å². The van der Waals surface area contributed by atoms with Gasteiger partial charge in [0.1, 0.15) is 0 Å². The molecule has 1 fully saturated rings. The molecular formula is C29H32N4O3. The third kappa shape index (κ3) is 4.29. The number of benzene rings is 1. The molecule has 4 heterocycles. The van der Waals surface area contributed by atoms with Gasteiger partial charge in [0.05, 0.1) is 18.0 Å². The summed E-state index contributed by atoms with van der Waals surface area (Å²) in [4.78, 5) is 33.7. The Hall–Kier alpha value is -3.55. The average Bonchev–Trinajstić information content (AvgIpc) is 3.10. The van der Waals surface area contributed by atoms with Crippen LogP contribution in [0.4, 0.5) is 0 Å². The fraction of sp³-hybridized carbons (Fsp3) is 0.345. The first-order valence-electron chi connectivity index (χ1n) is 12.5. The highest BCUT2D eigenvalue weighted by Gasteiger charge is 2.55. The van der Waals surface area contributed by atoms with Crippen molar-refractivity contribution in [3.63, 3.8) is 0 Å². The number of aliphatic hydroxyl groups excluding tert-OH is 1. The predicted octanol–water partition coefficient (Wildman–Crippen LogP) is 3.32. The normalized spacial score (nSPS) is 24.0. The smallest absolute Gasteiger partial charge is 0.258 e. The molecule has 1 aromatic carbocycles. The average molecular weight is 485 g/mol. The molecule has 186 valence electrons. The molecule has 3 aromatic rings. The minimum Gasteiger partial charge on any atom is -0.396 e. The van der Waals surface area contributed by atoms with Crippen LogP contribution in [-0.2, 0) is 17.9 Å². The molecule has 2 bridgehead atoms. The van der Waals surface area contributed by atoms with E-state index in [1.165, 1.54) is 0 Å². The highest BCUT2D eigenvalue weighted by Crippen LogP contribution is 2.49. The molecule has 5 rings (SSSR count). The third-order valence-corrected chi connectivity index (χ3v) is 7.60. The van der Waals surface area contributed by atoms with E-state index >= 15 is 0 Å². The quantitative estimate of drug-likeness (QED) is 0.537. The van der Waals surface area contributed by atoms with Crippen LogP contribution in [0.25, 0.3) is 6.08 Å². The molecule has 1 amide bonds. The number of hydrogen-bond donors (Lipinski definition) is 2. The van der Waals surface area contributed by atoms with Crippen LogP contribution in [0.15, 0.2) is 77.9 Å². The van der Waals surface area contributed by atoms with Crippen LogP contribution in [0, 0.1) is 11.8 Å². The highest BCUT2D eigenvalue weighted by molar-refractivity contribution is 5.81. The van der Waals surface area contributed by atoms with Crippen LogP contribution in [-0.4, -0.2) is 38.1 Å². The summed E-state index contributed by atoms with van der Waals surface area (Å²) in [6.07, 6.45) is 7.24. The van der Waals surface area contributed by atoms with Gasteiger partial charge in [-0.15, -0.1) is 0 Å². The summed E-state index contributed by atoms with van der Waals surface area (Å²) in [5.74, 6) is -0.907. The molecule has 5 atom stereocenters. The van der Waals surface area contributed by atoms with Crippen molar-refractivity contribution in [1.82, 2.24) is 19.8 Å². The van der Waals surface area contributed by atoms with E-state index in [4.69, 9.17) is 0 Å². The molecule has 0 unspecified atom stereocenters. The summed E-state index contributed by atoms with van der Waals surface area (Å²) >= 11 is 0. The molecule has 0 radical (unpaired) electrons. The van der Waals surface area contributed by atoms with E-state index in [0.29, 0.717) is 18.7 Å². The van der Waals surface area contributed by atoms with Gasteiger partial charge in [0.15, 0.2) is 0 Å². The van der Waals surface area contributed by atoms with Crippen LogP contribution >= 0.6 is 0 Å². The summed E-state index contributed by atoms with van der Waals surface area (Å²) in [7, 11) is 0. The Labute approximate surface area is 211 Å². The topological polar surface area (TPSA) is 87.5 Å². The van der Waals surface area contributed by atoms with Crippen molar-refractivity contribution in [1.29, 1.82) is 0 Å². The number of amides is 1. The van der Waals surface area contributed by atoms with Crippen molar-refractivity contribution in [3.8, 4) is 0 Å². The molecule has 0 aliphatic carbocycles. The lowest BCUT2D eigenvalue weighted by atomic mass is 9.86. The first-order chi connectivity index (χ1) is 17.5. The maximum absolute atomic E-state index is 13.8. The summed E-state index contributed by atoms with van der Waals surface area (Å²) in [6, 6.07) is 16.9. The van der Waals surface area contributed by atoms with E-state index in [0.717, 1.165) is 16.8 Å². The molecule has 7 heteroatoms. The molecule has 7 nitrogen and oxygen atoms in total. The second kappa shape index (κ2) is 10.2. The lowest BCUT2D eigenvalue weighted by Crippen LogP contribution is -2.46. The highest BCUT2D eigenvalue weighted by atomic mass is 16.3. The van der Waals surface area contributed by atoms with Crippen molar-refractivity contribution in [2.24, 2.45) is 11.8 Å². The fourth-order valence-corrected chi connectivity index (χ4v) is 5.90. The molecular weight excluding hydrogens is 452 g/mol. The lowest BCUT2D eigenvalue weighted by Gasteiger charge is -2.38. The van der Waals surface area contributed by atoms with E-state index in [2.05, 4.69) is 15.2 Å². The molecule has 1 saturated heterocycles. The number of nitrogens with zero attached hydrogens (tertiary/aromatic N) is 3. The largest absolute Gasteiger partial charge is 0.396 e. The number of aromatic nitrogens is 2. The molecule has 0 saturated carbocycles. The van der Waals surface area contributed by atoms with Gasteiger partial charge in [0.2, 0.25) is 5.91 Å². The van der Waals surface area contributed by atoms with Crippen LogP contribution in [0.5, 0.6) is 0 Å². The Bertz CT molecular complexity index is 1310. The molecule has 36 heavy (non-hydrogen) atoms. The first kappa shape index (κ1) is 24.2. The van der Waals surface area contributed by atoms with Gasteiger partial charge < -0.3 is 15.0 Å². The maximum Gasteiger partial charge on any atom is 0.258 e. The van der Waals surface area contributed by atoms with E-state index < -0.39 is 5.92 Å². The van der Waals surface area contributed by atoms with Gasteiger partial charge in [-0.25, -0.2) is 0 Å². The van der Waals surface area contributed by atoms with E-state index in [1.807, 2.05) is 86.8 Å². The number of nitrogens with one attached hydrogen (secondary N) is 1. The first-order valence-corrected chi connectivity index (χ1v) is 12.5. The minimum atomic E-state index is -0.497. The second-order valence-corrected chi connectivity index (χ2v) is 9.69. The minimum absolute atomic E-state index is 0.0583. The Morgan fingerprint density at radius 3 is 2.69 bits per heavy atom. The van der Waals surface area contributed by atoms with Crippen LogP contribution in [0.1, 0.15) is 48.3 Å². The van der Waals surface area contributed by atoms with Gasteiger partial charge in [0, 0.05) is 55.3 Å².